The van der Waals surface area contributed by atoms with Crippen molar-refractivity contribution in [3.05, 3.63) is 62.5 Å². The Morgan fingerprint density at radius 3 is 2.59 bits per heavy atom. The predicted molar refractivity (Wildman–Crippen MR) is 106 cm³/mol. The van der Waals surface area contributed by atoms with Crippen LogP contribution >= 0.6 is 22.9 Å². The molecule has 27 heavy (non-hydrogen) atoms. The Labute approximate surface area is 165 Å². The summed E-state index contributed by atoms with van der Waals surface area (Å²) in [6, 6.07) is 6.84. The van der Waals surface area contributed by atoms with Crippen molar-refractivity contribution in [1.82, 2.24) is 14.8 Å². The number of hydrogen-bond donors (Lipinski definition) is 1. The molecule has 4 rings (SSSR count). The van der Waals surface area contributed by atoms with Gasteiger partial charge in [0.2, 0.25) is 0 Å². The molecule has 1 atom stereocenters. The molecule has 0 unspecified atom stereocenters. The normalized spacial score (nSPS) is 15.7. The van der Waals surface area contributed by atoms with Gasteiger partial charge in [-0.05, 0) is 38.5 Å². The Balaban J connectivity index is 2.04. The van der Waals surface area contributed by atoms with E-state index in [1.807, 2.05) is 35.8 Å². The molecule has 1 N–H and O–H groups in total. The maximum absolute atomic E-state index is 11.5. The van der Waals surface area contributed by atoms with Crippen molar-refractivity contribution in [2.75, 3.05) is 0 Å². The van der Waals surface area contributed by atoms with E-state index >= 15 is 0 Å². The van der Waals surface area contributed by atoms with Crippen LogP contribution in [0.4, 0.5) is 0 Å². The summed E-state index contributed by atoms with van der Waals surface area (Å²) in [6.07, 6.45) is -0.151. The Hall–Kier alpha value is -2.51. The summed E-state index contributed by atoms with van der Waals surface area (Å²) < 4.78 is 1.94. The van der Waals surface area contributed by atoms with Crippen LogP contribution in [0.3, 0.4) is 0 Å². The molecular formula is C19H17ClN4O2S. The van der Waals surface area contributed by atoms with E-state index in [9.17, 15) is 9.90 Å². The van der Waals surface area contributed by atoms with Gasteiger partial charge < -0.3 is 5.11 Å². The number of fused-ring (bicyclic) bond motifs is 3. The van der Waals surface area contributed by atoms with Gasteiger partial charge in [-0.25, -0.2) is 0 Å². The van der Waals surface area contributed by atoms with E-state index in [2.05, 4.69) is 24.0 Å². The van der Waals surface area contributed by atoms with Gasteiger partial charge in [-0.15, -0.1) is 21.5 Å². The van der Waals surface area contributed by atoms with E-state index in [1.54, 1.807) is 11.3 Å². The minimum absolute atomic E-state index is 0.151. The zero-order valence-electron chi connectivity index (χ0n) is 15.0. The predicted octanol–water partition coefficient (Wildman–Crippen LogP) is 4.27. The third kappa shape index (κ3) is 2.96. The minimum Gasteiger partial charge on any atom is -0.481 e. The van der Waals surface area contributed by atoms with Crippen LogP contribution in [0.25, 0.3) is 5.00 Å². The second-order valence-electron chi connectivity index (χ2n) is 6.50. The lowest BCUT2D eigenvalue weighted by Crippen LogP contribution is -2.10. The van der Waals surface area contributed by atoms with Crippen molar-refractivity contribution >= 4 is 34.6 Å². The van der Waals surface area contributed by atoms with Crippen LogP contribution in [0.2, 0.25) is 5.02 Å². The Kier molecular flexibility index (Phi) is 4.36. The molecule has 0 aliphatic carbocycles. The lowest BCUT2D eigenvalue weighted by Gasteiger charge is -2.10. The van der Waals surface area contributed by atoms with Gasteiger partial charge in [0.05, 0.1) is 12.1 Å². The molecule has 0 saturated heterocycles. The van der Waals surface area contributed by atoms with Crippen LogP contribution in [0.1, 0.15) is 45.7 Å². The van der Waals surface area contributed by atoms with Gasteiger partial charge in [0.1, 0.15) is 16.9 Å². The topological polar surface area (TPSA) is 80.4 Å². The molecule has 1 aliphatic heterocycles. The molecule has 0 saturated carbocycles. The summed E-state index contributed by atoms with van der Waals surface area (Å²) in [7, 11) is 0. The number of hydrogen-bond acceptors (Lipinski definition) is 5. The van der Waals surface area contributed by atoms with E-state index < -0.39 is 12.0 Å². The quantitative estimate of drug-likeness (QED) is 0.711. The third-order valence-corrected chi connectivity index (χ3v) is 6.17. The molecule has 0 fully saturated rings. The first kappa shape index (κ1) is 17.9. The van der Waals surface area contributed by atoms with Gasteiger partial charge in [-0.2, -0.15) is 0 Å². The van der Waals surface area contributed by atoms with E-state index in [0.717, 1.165) is 33.2 Å². The SMILES string of the molecule is Cc1sc2c(c1C)C(c1ccc(Cl)cc1)=N[C@H](CC(=O)O)c1nnc(C)n1-2. The van der Waals surface area contributed by atoms with Gasteiger partial charge in [0.15, 0.2) is 5.82 Å². The van der Waals surface area contributed by atoms with Crippen molar-refractivity contribution in [2.45, 2.75) is 33.2 Å². The largest absolute Gasteiger partial charge is 0.481 e. The second-order valence-corrected chi connectivity index (χ2v) is 8.14. The number of aliphatic imine (C=N–C) groups is 1. The molecule has 0 radical (unpaired) electrons. The molecule has 3 heterocycles. The summed E-state index contributed by atoms with van der Waals surface area (Å²) in [4.78, 5) is 17.5. The van der Waals surface area contributed by atoms with E-state index in [4.69, 9.17) is 16.6 Å². The smallest absolute Gasteiger partial charge is 0.306 e. The van der Waals surface area contributed by atoms with E-state index in [-0.39, 0.29) is 6.42 Å². The molecule has 0 amide bonds. The Morgan fingerprint density at radius 2 is 1.93 bits per heavy atom. The van der Waals surface area contributed by atoms with Crippen LogP contribution in [0.5, 0.6) is 0 Å². The van der Waals surface area contributed by atoms with Crippen LogP contribution in [0.15, 0.2) is 29.3 Å². The molecule has 6 nitrogen and oxygen atoms in total. The monoisotopic (exact) mass is 400 g/mol. The van der Waals surface area contributed by atoms with Gasteiger partial charge in [0.25, 0.3) is 0 Å². The highest BCUT2D eigenvalue weighted by Crippen LogP contribution is 2.39. The Bertz CT molecular complexity index is 1080. The number of benzene rings is 1. The van der Waals surface area contributed by atoms with Crippen molar-refractivity contribution in [3.63, 3.8) is 0 Å². The first-order chi connectivity index (χ1) is 12.9. The van der Waals surface area contributed by atoms with Crippen molar-refractivity contribution in [2.24, 2.45) is 4.99 Å². The fourth-order valence-electron chi connectivity index (χ4n) is 3.30. The fraction of sp³-hybridized carbons (Fsp3) is 0.263. The molecule has 8 heteroatoms. The van der Waals surface area contributed by atoms with Crippen molar-refractivity contribution < 1.29 is 9.90 Å². The van der Waals surface area contributed by atoms with Crippen LogP contribution < -0.4 is 0 Å². The van der Waals surface area contributed by atoms with Gasteiger partial charge >= 0.3 is 5.97 Å². The highest BCUT2D eigenvalue weighted by atomic mass is 35.5. The summed E-state index contributed by atoms with van der Waals surface area (Å²) in [5, 5.41) is 19.5. The number of carboxylic acid groups (broad SMARTS) is 1. The first-order valence-electron chi connectivity index (χ1n) is 8.45. The number of aryl methyl sites for hydroxylation is 2. The number of thiophene rings is 1. The lowest BCUT2D eigenvalue weighted by atomic mass is 9.99. The number of carbonyl (C=O) groups is 1. The summed E-state index contributed by atoms with van der Waals surface area (Å²) >= 11 is 7.70. The summed E-state index contributed by atoms with van der Waals surface area (Å²) in [5.74, 6) is 0.348. The van der Waals surface area contributed by atoms with Crippen LogP contribution in [0, 0.1) is 20.8 Å². The maximum Gasteiger partial charge on any atom is 0.306 e. The molecule has 138 valence electrons. The molecule has 1 aliphatic rings. The summed E-state index contributed by atoms with van der Waals surface area (Å²) in [6.45, 7) is 6.00. The molecule has 0 spiro atoms. The second kappa shape index (κ2) is 6.58. The third-order valence-electron chi connectivity index (χ3n) is 4.73. The fourth-order valence-corrected chi connectivity index (χ4v) is 4.64. The highest BCUT2D eigenvalue weighted by molar-refractivity contribution is 7.15. The number of aliphatic carboxylic acids is 1. The first-order valence-corrected chi connectivity index (χ1v) is 9.64. The number of carboxylic acids is 1. The zero-order chi connectivity index (χ0) is 19.3. The molecule has 3 aromatic rings. The van der Waals surface area contributed by atoms with Crippen molar-refractivity contribution in [1.29, 1.82) is 0 Å². The van der Waals surface area contributed by atoms with Gasteiger partial charge in [-0.1, -0.05) is 23.7 Å². The lowest BCUT2D eigenvalue weighted by molar-refractivity contribution is -0.137. The standard InChI is InChI=1S/C19H17ClN4O2S/c1-9-10(2)27-19-16(9)17(12-4-6-13(20)7-5-12)21-14(8-15(25)26)18-23-22-11(3)24(18)19/h4-7,14H,8H2,1-3H3,(H,25,26)/t14-/m1/s1. The van der Waals surface area contributed by atoms with Crippen LogP contribution in [-0.2, 0) is 4.79 Å². The Morgan fingerprint density at radius 1 is 1.22 bits per heavy atom. The van der Waals surface area contributed by atoms with Gasteiger partial charge in [0, 0.05) is 21.0 Å². The number of aromatic nitrogens is 3. The number of nitrogens with zero attached hydrogens (tertiary/aromatic N) is 4. The average molecular weight is 401 g/mol. The molecule has 0 bridgehead atoms. The molecular weight excluding hydrogens is 384 g/mol. The molecule has 1 aromatic carbocycles. The van der Waals surface area contributed by atoms with Gasteiger partial charge in [-0.3, -0.25) is 14.4 Å². The molecule has 2 aromatic heterocycles. The number of rotatable bonds is 3. The maximum atomic E-state index is 11.5. The zero-order valence-corrected chi connectivity index (χ0v) is 16.6. The van der Waals surface area contributed by atoms with E-state index in [0.29, 0.717) is 10.8 Å². The summed E-state index contributed by atoms with van der Waals surface area (Å²) in [5.41, 5.74) is 3.78. The average Bonchev–Trinajstić information content (AvgIpc) is 3.08. The minimum atomic E-state index is -0.926. The number of halogens is 1. The van der Waals surface area contributed by atoms with Crippen molar-refractivity contribution in [3.8, 4) is 5.00 Å². The van der Waals surface area contributed by atoms with E-state index in [1.165, 1.54) is 4.88 Å². The highest BCUT2D eigenvalue weighted by Gasteiger charge is 2.32. The van der Waals surface area contributed by atoms with Crippen LogP contribution in [-0.4, -0.2) is 31.6 Å².